The van der Waals surface area contributed by atoms with Crippen molar-refractivity contribution in [3.8, 4) is 17.6 Å². The molecule has 3 aromatic rings. The van der Waals surface area contributed by atoms with E-state index in [1.165, 1.54) is 42.7 Å². The van der Waals surface area contributed by atoms with E-state index in [4.69, 9.17) is 37.4 Å². The van der Waals surface area contributed by atoms with Crippen molar-refractivity contribution in [3.63, 3.8) is 0 Å². The van der Waals surface area contributed by atoms with Gasteiger partial charge in [-0.2, -0.15) is 5.26 Å². The zero-order chi connectivity index (χ0) is 29.5. The molecule has 0 bridgehead atoms. The van der Waals surface area contributed by atoms with Crippen molar-refractivity contribution in [2.45, 2.75) is 26.0 Å². The number of ether oxygens (including phenoxy) is 3. The molecule has 0 radical (unpaired) electrons. The topological polar surface area (TPSA) is 169 Å². The molecule has 3 aromatic heterocycles. The Bertz CT molecular complexity index is 1510. The average molecular weight is 600 g/mol. The Balaban J connectivity index is 1.51. The van der Waals surface area contributed by atoms with E-state index in [0.29, 0.717) is 37.0 Å². The Morgan fingerprint density at radius 3 is 2.66 bits per heavy atom. The number of aromatic nitrogens is 3. The molecule has 0 spiro atoms. The second kappa shape index (κ2) is 13.1. The summed E-state index contributed by atoms with van der Waals surface area (Å²) in [5.41, 5.74) is 1.01. The first kappa shape index (κ1) is 29.3. The lowest BCUT2D eigenvalue weighted by molar-refractivity contribution is 0.0697. The summed E-state index contributed by atoms with van der Waals surface area (Å²) in [6.07, 6.45) is 4.09. The summed E-state index contributed by atoms with van der Waals surface area (Å²) < 4.78 is 16.3. The van der Waals surface area contributed by atoms with Crippen molar-refractivity contribution in [3.05, 3.63) is 63.2 Å². The summed E-state index contributed by atoms with van der Waals surface area (Å²) in [6, 6.07) is 4.09. The summed E-state index contributed by atoms with van der Waals surface area (Å²) in [6.45, 7) is 2.57. The summed E-state index contributed by atoms with van der Waals surface area (Å²) in [5, 5.41) is 15.1. The number of carbonyl (C=O) groups excluding carboxylic acids is 3. The third kappa shape index (κ3) is 6.92. The van der Waals surface area contributed by atoms with Gasteiger partial charge in [0, 0.05) is 36.1 Å². The average Bonchev–Trinajstić information content (AvgIpc) is 2.94. The summed E-state index contributed by atoms with van der Waals surface area (Å²) in [7, 11) is 1.37. The van der Waals surface area contributed by atoms with E-state index in [9.17, 15) is 19.6 Å². The highest BCUT2D eigenvalue weighted by Crippen LogP contribution is 2.34. The van der Waals surface area contributed by atoms with Crippen molar-refractivity contribution in [2.24, 2.45) is 0 Å². The van der Waals surface area contributed by atoms with Crippen molar-refractivity contribution >= 4 is 53.2 Å². The van der Waals surface area contributed by atoms with Crippen molar-refractivity contribution in [1.29, 1.82) is 5.26 Å². The highest BCUT2D eigenvalue weighted by atomic mass is 35.5. The van der Waals surface area contributed by atoms with Crippen LogP contribution in [-0.4, -0.2) is 58.5 Å². The highest BCUT2D eigenvalue weighted by Gasteiger charge is 2.23. The molecule has 0 aliphatic carbocycles. The molecular weight excluding hydrogens is 577 g/mol. The number of anilines is 2. The van der Waals surface area contributed by atoms with Gasteiger partial charge in [0.05, 0.1) is 36.5 Å². The van der Waals surface area contributed by atoms with Gasteiger partial charge in [0.2, 0.25) is 0 Å². The van der Waals surface area contributed by atoms with E-state index in [2.05, 4.69) is 25.6 Å². The first-order valence-corrected chi connectivity index (χ1v) is 12.9. The molecule has 1 fully saturated rings. The molecular formula is C26H23Cl2N7O6. The maximum atomic E-state index is 12.8. The number of nitrogens with zero attached hydrogens (tertiary/aromatic N) is 5. The van der Waals surface area contributed by atoms with Crippen LogP contribution in [0.1, 0.15) is 46.6 Å². The number of methoxy groups -OCH3 is 1. The molecule has 1 atom stereocenters. The Kier molecular flexibility index (Phi) is 9.38. The number of urea groups is 1. The van der Waals surface area contributed by atoms with Gasteiger partial charge in [-0.1, -0.05) is 23.2 Å². The van der Waals surface area contributed by atoms with Crippen LogP contribution in [0, 0.1) is 11.3 Å². The van der Waals surface area contributed by atoms with Crippen LogP contribution in [-0.2, 0) is 11.3 Å². The van der Waals surface area contributed by atoms with E-state index in [-0.39, 0.29) is 51.0 Å². The fraction of sp³-hybridized carbons (Fsp3) is 0.269. The minimum atomic E-state index is -0.767. The van der Waals surface area contributed by atoms with Crippen LogP contribution in [0.4, 0.5) is 21.2 Å². The standard InChI is InChI=1S/C26H23Cl2N7O6/c1-14(23-17(27)10-30-11-18(23)28)41-20-7-22(31-9-16(20)8-29)33-25(37)34-24-21(39-2)6-15(19(13-36)32-24)12-35-4-3-5-40-26(35)38/h6-7,9-11,13-14H,3-5,12H2,1-2H3,(H2,31,32,33,34,37)/t14-/m1/s1. The zero-order valence-electron chi connectivity index (χ0n) is 21.8. The SMILES string of the molecule is COc1cc(CN2CCCOC2=O)c(C=O)nc1NC(=O)Nc1cc(O[C@H](C)c2c(Cl)cncc2Cl)c(C#N)cn1. The van der Waals surface area contributed by atoms with E-state index >= 15 is 0 Å². The van der Waals surface area contributed by atoms with Gasteiger partial charge < -0.3 is 19.1 Å². The van der Waals surface area contributed by atoms with Gasteiger partial charge in [0.15, 0.2) is 17.9 Å². The minimum Gasteiger partial charge on any atom is -0.493 e. The fourth-order valence-corrected chi connectivity index (χ4v) is 4.64. The minimum absolute atomic E-state index is 0.00841. The predicted octanol–water partition coefficient (Wildman–Crippen LogP) is 5.00. The van der Waals surface area contributed by atoms with Crippen molar-refractivity contribution < 1.29 is 28.6 Å². The van der Waals surface area contributed by atoms with Gasteiger partial charge in [-0.05, 0) is 19.4 Å². The molecule has 41 heavy (non-hydrogen) atoms. The second-order valence-electron chi connectivity index (χ2n) is 8.62. The molecule has 1 aliphatic rings. The van der Waals surface area contributed by atoms with E-state index in [1.807, 2.05) is 6.07 Å². The Hall–Kier alpha value is -4.67. The lowest BCUT2D eigenvalue weighted by atomic mass is 10.1. The van der Waals surface area contributed by atoms with E-state index in [0.717, 1.165) is 0 Å². The monoisotopic (exact) mass is 599 g/mol. The van der Waals surface area contributed by atoms with Crippen LogP contribution in [0.3, 0.4) is 0 Å². The normalized spacial score (nSPS) is 13.4. The number of halogens is 2. The smallest absolute Gasteiger partial charge is 0.410 e. The van der Waals surface area contributed by atoms with Gasteiger partial charge in [-0.25, -0.2) is 19.6 Å². The van der Waals surface area contributed by atoms with Gasteiger partial charge in [-0.3, -0.25) is 20.4 Å². The Morgan fingerprint density at radius 1 is 1.24 bits per heavy atom. The van der Waals surface area contributed by atoms with Gasteiger partial charge in [0.1, 0.15) is 35.0 Å². The van der Waals surface area contributed by atoms with Crippen LogP contribution in [0.2, 0.25) is 10.0 Å². The fourth-order valence-electron chi connectivity index (χ4n) is 3.97. The second-order valence-corrected chi connectivity index (χ2v) is 9.44. The van der Waals surface area contributed by atoms with Crippen LogP contribution < -0.4 is 20.1 Å². The molecule has 1 saturated heterocycles. The molecule has 15 heteroatoms. The molecule has 4 rings (SSSR count). The highest BCUT2D eigenvalue weighted by molar-refractivity contribution is 6.35. The van der Waals surface area contributed by atoms with Gasteiger partial charge in [0.25, 0.3) is 0 Å². The van der Waals surface area contributed by atoms with E-state index < -0.39 is 18.2 Å². The molecule has 0 unspecified atom stereocenters. The van der Waals surface area contributed by atoms with Crippen LogP contribution in [0.15, 0.2) is 30.7 Å². The van der Waals surface area contributed by atoms with Gasteiger partial charge in [-0.15, -0.1) is 0 Å². The number of carbonyl (C=O) groups is 3. The number of pyridine rings is 3. The van der Waals surface area contributed by atoms with Crippen molar-refractivity contribution in [1.82, 2.24) is 19.9 Å². The number of nitriles is 1. The molecule has 212 valence electrons. The number of nitrogens with one attached hydrogen (secondary N) is 2. The largest absolute Gasteiger partial charge is 0.493 e. The molecule has 13 nitrogen and oxygen atoms in total. The zero-order valence-corrected chi connectivity index (χ0v) is 23.3. The molecule has 4 heterocycles. The number of hydrogen-bond acceptors (Lipinski definition) is 10. The van der Waals surface area contributed by atoms with Crippen molar-refractivity contribution in [2.75, 3.05) is 30.9 Å². The maximum Gasteiger partial charge on any atom is 0.410 e. The third-order valence-corrected chi connectivity index (χ3v) is 6.51. The first-order chi connectivity index (χ1) is 19.7. The summed E-state index contributed by atoms with van der Waals surface area (Å²) in [4.78, 5) is 50.3. The Labute approximate surface area is 244 Å². The van der Waals surface area contributed by atoms with Crippen LogP contribution >= 0.6 is 23.2 Å². The summed E-state index contributed by atoms with van der Waals surface area (Å²) >= 11 is 12.4. The van der Waals surface area contributed by atoms with Gasteiger partial charge >= 0.3 is 12.1 Å². The number of aldehydes is 1. The Morgan fingerprint density at radius 2 is 2.00 bits per heavy atom. The number of amides is 3. The number of cyclic esters (lactones) is 1. The first-order valence-electron chi connectivity index (χ1n) is 12.1. The third-order valence-electron chi connectivity index (χ3n) is 5.91. The van der Waals surface area contributed by atoms with E-state index in [1.54, 1.807) is 6.92 Å². The van der Waals surface area contributed by atoms with Crippen LogP contribution in [0.5, 0.6) is 11.5 Å². The van der Waals surface area contributed by atoms with Crippen LogP contribution in [0.25, 0.3) is 0 Å². The lowest BCUT2D eigenvalue weighted by Crippen LogP contribution is -2.37. The molecule has 3 amide bonds. The number of rotatable bonds is 9. The maximum absolute atomic E-state index is 12.8. The molecule has 0 saturated carbocycles. The summed E-state index contributed by atoms with van der Waals surface area (Å²) in [5.74, 6) is 0.278. The quantitative estimate of drug-likeness (QED) is 0.319. The molecule has 2 N–H and O–H groups in total. The number of hydrogen-bond donors (Lipinski definition) is 2. The lowest BCUT2D eigenvalue weighted by Gasteiger charge is -2.26. The molecule has 1 aliphatic heterocycles. The molecule has 0 aromatic carbocycles. The predicted molar refractivity (Wildman–Crippen MR) is 147 cm³/mol.